The standard InChI is InChI=1S/C12H27N3.2C2H6.C2H4/c1-3-5-6-7-8-9-12(13)11-15(14)10-4-2;3*1-2/h11H,3-10,13-14H2,1-2H3;2*1-2H3;1-2H2/b12-11-;;;. The maximum absolute atomic E-state index is 5.86. The number of unbranched alkanes of at least 4 members (excludes halogenated alkanes) is 4. The van der Waals surface area contributed by atoms with Gasteiger partial charge in [0.25, 0.3) is 0 Å². The van der Waals surface area contributed by atoms with Crippen LogP contribution in [0, 0.1) is 0 Å². The Balaban J connectivity index is -0.000000212. The van der Waals surface area contributed by atoms with Crippen molar-refractivity contribution in [1.29, 1.82) is 0 Å². The first-order chi connectivity index (χ1) is 10.2. The summed E-state index contributed by atoms with van der Waals surface area (Å²) in [6.45, 7) is 19.2. The molecule has 0 saturated heterocycles. The van der Waals surface area contributed by atoms with Gasteiger partial charge in [-0.1, -0.05) is 67.2 Å². The molecule has 0 amide bonds. The van der Waals surface area contributed by atoms with Crippen LogP contribution in [0.5, 0.6) is 0 Å². The van der Waals surface area contributed by atoms with Gasteiger partial charge in [-0.15, -0.1) is 13.2 Å². The monoisotopic (exact) mass is 301 g/mol. The minimum absolute atomic E-state index is 0.872. The second-order valence-electron chi connectivity index (χ2n) is 4.11. The van der Waals surface area contributed by atoms with E-state index in [-0.39, 0.29) is 0 Å². The average Bonchev–Trinajstić information content (AvgIpc) is 2.53. The van der Waals surface area contributed by atoms with Gasteiger partial charge in [0.15, 0.2) is 0 Å². The molecule has 130 valence electrons. The summed E-state index contributed by atoms with van der Waals surface area (Å²) >= 11 is 0. The summed E-state index contributed by atoms with van der Waals surface area (Å²) in [6, 6.07) is 0. The van der Waals surface area contributed by atoms with Gasteiger partial charge in [-0.3, -0.25) is 0 Å². The smallest absolute Gasteiger partial charge is 0.0342 e. The van der Waals surface area contributed by atoms with Crippen molar-refractivity contribution in [2.24, 2.45) is 11.6 Å². The molecule has 0 spiro atoms. The number of hydrogen-bond donors (Lipinski definition) is 2. The van der Waals surface area contributed by atoms with Gasteiger partial charge in [-0.25, -0.2) is 5.84 Å². The Bertz CT molecular complexity index is 179. The lowest BCUT2D eigenvalue weighted by Crippen LogP contribution is -2.27. The van der Waals surface area contributed by atoms with E-state index in [9.17, 15) is 0 Å². The maximum atomic E-state index is 5.86. The Labute approximate surface area is 135 Å². The van der Waals surface area contributed by atoms with Crippen molar-refractivity contribution < 1.29 is 0 Å². The van der Waals surface area contributed by atoms with E-state index in [1.165, 1.54) is 32.1 Å². The van der Waals surface area contributed by atoms with Gasteiger partial charge >= 0.3 is 0 Å². The minimum atomic E-state index is 0.872. The number of allylic oxidation sites excluding steroid dienone is 1. The van der Waals surface area contributed by atoms with Crippen molar-refractivity contribution in [1.82, 2.24) is 5.01 Å². The summed E-state index contributed by atoms with van der Waals surface area (Å²) in [6.07, 6.45) is 10.3. The van der Waals surface area contributed by atoms with Crippen LogP contribution in [0.3, 0.4) is 0 Å². The van der Waals surface area contributed by atoms with Crippen LogP contribution in [0.25, 0.3) is 0 Å². The van der Waals surface area contributed by atoms with Gasteiger partial charge in [0.05, 0.1) is 0 Å². The summed E-state index contributed by atoms with van der Waals surface area (Å²) in [5, 5.41) is 1.68. The van der Waals surface area contributed by atoms with Crippen molar-refractivity contribution in [2.75, 3.05) is 6.54 Å². The van der Waals surface area contributed by atoms with Crippen LogP contribution in [0.1, 0.15) is 86.5 Å². The first kappa shape index (κ1) is 28.2. The van der Waals surface area contributed by atoms with Crippen LogP contribution in [-0.4, -0.2) is 11.6 Å². The Hall–Kier alpha value is -0.960. The molecule has 0 aliphatic rings. The van der Waals surface area contributed by atoms with Crippen LogP contribution in [0.15, 0.2) is 25.1 Å². The number of nitrogens with two attached hydrogens (primary N) is 2. The van der Waals surface area contributed by atoms with Gasteiger partial charge in [0, 0.05) is 18.4 Å². The normalized spacial score (nSPS) is 9.19. The van der Waals surface area contributed by atoms with Crippen LogP contribution >= 0.6 is 0 Å². The fraction of sp³-hybridized carbons (Fsp3) is 0.778. The first-order valence-electron chi connectivity index (χ1n) is 8.68. The van der Waals surface area contributed by atoms with Gasteiger partial charge in [0.2, 0.25) is 0 Å². The molecule has 0 aliphatic heterocycles. The summed E-state index contributed by atoms with van der Waals surface area (Å²) in [5.74, 6) is 5.71. The Morgan fingerprint density at radius 3 is 1.81 bits per heavy atom. The fourth-order valence-electron chi connectivity index (χ4n) is 1.53. The maximum Gasteiger partial charge on any atom is 0.0342 e. The molecule has 0 aliphatic carbocycles. The van der Waals surface area contributed by atoms with E-state index in [1.807, 2.05) is 33.9 Å². The molecule has 0 aromatic carbocycles. The van der Waals surface area contributed by atoms with E-state index < -0.39 is 0 Å². The average molecular weight is 302 g/mol. The first-order valence-corrected chi connectivity index (χ1v) is 8.68. The third kappa shape index (κ3) is 32.5. The predicted octanol–water partition coefficient (Wildman–Crippen LogP) is 5.59. The van der Waals surface area contributed by atoms with Crippen LogP contribution in [0.2, 0.25) is 0 Å². The summed E-state index contributed by atoms with van der Waals surface area (Å²) < 4.78 is 0. The Morgan fingerprint density at radius 1 is 0.905 bits per heavy atom. The van der Waals surface area contributed by atoms with Gasteiger partial charge in [0.1, 0.15) is 0 Å². The minimum Gasteiger partial charge on any atom is -0.401 e. The van der Waals surface area contributed by atoms with E-state index in [0.717, 1.165) is 25.1 Å². The number of rotatable bonds is 9. The van der Waals surface area contributed by atoms with Crippen LogP contribution < -0.4 is 11.6 Å². The molecular formula is C18H43N3. The second-order valence-corrected chi connectivity index (χ2v) is 4.11. The SMILES string of the molecule is C=C.CC.CC.CCCCCCC/C(N)=C/N(N)CCC. The van der Waals surface area contributed by atoms with Gasteiger partial charge < -0.3 is 10.7 Å². The molecule has 0 unspecified atom stereocenters. The van der Waals surface area contributed by atoms with E-state index in [4.69, 9.17) is 11.6 Å². The molecule has 0 fully saturated rings. The van der Waals surface area contributed by atoms with Gasteiger partial charge in [-0.2, -0.15) is 0 Å². The number of hydrazine groups is 1. The molecule has 0 atom stereocenters. The topological polar surface area (TPSA) is 55.3 Å². The molecule has 3 nitrogen and oxygen atoms in total. The highest BCUT2D eigenvalue weighted by atomic mass is 15.4. The highest BCUT2D eigenvalue weighted by molar-refractivity contribution is 4.94. The molecule has 0 aromatic heterocycles. The molecule has 0 rings (SSSR count). The zero-order chi connectivity index (χ0) is 17.5. The van der Waals surface area contributed by atoms with Crippen LogP contribution in [0.4, 0.5) is 0 Å². The highest BCUT2D eigenvalue weighted by Crippen LogP contribution is 2.07. The third-order valence-corrected chi connectivity index (χ3v) is 2.38. The van der Waals surface area contributed by atoms with E-state index in [2.05, 4.69) is 27.0 Å². The molecule has 3 heteroatoms. The summed E-state index contributed by atoms with van der Waals surface area (Å²) in [5.41, 5.74) is 6.76. The van der Waals surface area contributed by atoms with E-state index >= 15 is 0 Å². The Morgan fingerprint density at radius 2 is 1.38 bits per heavy atom. The van der Waals surface area contributed by atoms with Gasteiger partial charge in [-0.05, 0) is 19.3 Å². The van der Waals surface area contributed by atoms with Crippen molar-refractivity contribution in [3.8, 4) is 0 Å². The van der Waals surface area contributed by atoms with Crippen molar-refractivity contribution >= 4 is 0 Å². The molecule has 21 heavy (non-hydrogen) atoms. The van der Waals surface area contributed by atoms with E-state index in [1.54, 1.807) is 5.01 Å². The molecule has 0 bridgehead atoms. The number of hydrogen-bond acceptors (Lipinski definition) is 3. The largest absolute Gasteiger partial charge is 0.401 e. The summed E-state index contributed by atoms with van der Waals surface area (Å²) in [4.78, 5) is 0. The summed E-state index contributed by atoms with van der Waals surface area (Å²) in [7, 11) is 0. The lowest BCUT2D eigenvalue weighted by Gasteiger charge is -2.13. The second kappa shape index (κ2) is 31.4. The molecule has 0 aromatic rings. The predicted molar refractivity (Wildman–Crippen MR) is 101 cm³/mol. The molecule has 4 N–H and O–H groups in total. The lowest BCUT2D eigenvalue weighted by atomic mass is 10.1. The molecular weight excluding hydrogens is 258 g/mol. The van der Waals surface area contributed by atoms with Crippen LogP contribution in [-0.2, 0) is 0 Å². The molecule has 0 radical (unpaired) electrons. The molecule has 0 saturated carbocycles. The lowest BCUT2D eigenvalue weighted by molar-refractivity contribution is 0.388. The van der Waals surface area contributed by atoms with Crippen molar-refractivity contribution in [2.45, 2.75) is 86.5 Å². The highest BCUT2D eigenvalue weighted by Gasteiger charge is 1.95. The molecule has 0 heterocycles. The Kier molecular flexibility index (Phi) is 42.3. The zero-order valence-electron chi connectivity index (χ0n) is 15.8. The zero-order valence-corrected chi connectivity index (χ0v) is 15.8. The van der Waals surface area contributed by atoms with E-state index in [0.29, 0.717) is 0 Å². The number of nitrogens with zero attached hydrogens (tertiary/aromatic N) is 1. The quantitative estimate of drug-likeness (QED) is 0.253. The van der Waals surface area contributed by atoms with Crippen molar-refractivity contribution in [3.05, 3.63) is 25.1 Å². The third-order valence-electron chi connectivity index (χ3n) is 2.38. The van der Waals surface area contributed by atoms with Crippen molar-refractivity contribution in [3.63, 3.8) is 0 Å². The fourth-order valence-corrected chi connectivity index (χ4v) is 1.53.